The minimum absolute atomic E-state index is 0.680. The average molecular weight is 329 g/mol. The van der Waals surface area contributed by atoms with E-state index >= 15 is 0 Å². The van der Waals surface area contributed by atoms with E-state index in [0.717, 1.165) is 27.6 Å². The van der Waals surface area contributed by atoms with Gasteiger partial charge in [0.15, 0.2) is 0 Å². The number of benzene rings is 2. The fourth-order valence-electron chi connectivity index (χ4n) is 3.49. The topological polar surface area (TPSA) is 29.3 Å². The first-order valence-corrected chi connectivity index (χ1v) is 8.83. The molecule has 23 heavy (non-hydrogen) atoms. The van der Waals surface area contributed by atoms with Gasteiger partial charge in [-0.25, -0.2) is 0 Å². The number of aryl methyl sites for hydroxylation is 1. The van der Waals surface area contributed by atoms with Crippen molar-refractivity contribution >= 4 is 28.7 Å². The monoisotopic (exact) mass is 328 g/mol. The van der Waals surface area contributed by atoms with Gasteiger partial charge < -0.3 is 10.6 Å². The van der Waals surface area contributed by atoms with Crippen molar-refractivity contribution in [1.82, 2.24) is 0 Å². The first-order chi connectivity index (χ1) is 11.1. The molecule has 0 bridgehead atoms. The minimum atomic E-state index is 0.680. The number of nitrogens with two attached hydrogens (primary N) is 1. The zero-order valence-corrected chi connectivity index (χ0v) is 14.7. The summed E-state index contributed by atoms with van der Waals surface area (Å²) in [6, 6.07) is 12.6. The molecular weight excluding hydrogens is 304 g/mol. The van der Waals surface area contributed by atoms with Crippen molar-refractivity contribution in [1.29, 1.82) is 0 Å². The van der Waals surface area contributed by atoms with Gasteiger partial charge in [-0.1, -0.05) is 36.9 Å². The van der Waals surface area contributed by atoms with Gasteiger partial charge >= 0.3 is 0 Å². The molecule has 0 atom stereocenters. The SMILES string of the molecule is Cc1cc(N(C)c2ccc(C3CCCCC3)cc2Cl)ccc1N. The lowest BCUT2D eigenvalue weighted by molar-refractivity contribution is 0.443. The fraction of sp³-hybridized carbons (Fsp3) is 0.400. The van der Waals surface area contributed by atoms with Crippen LogP contribution in [0.5, 0.6) is 0 Å². The lowest BCUT2D eigenvalue weighted by Gasteiger charge is -2.25. The Morgan fingerprint density at radius 2 is 1.78 bits per heavy atom. The second-order valence-electron chi connectivity index (χ2n) is 6.65. The van der Waals surface area contributed by atoms with E-state index in [4.69, 9.17) is 17.3 Å². The van der Waals surface area contributed by atoms with Gasteiger partial charge in [-0.05, 0) is 67.1 Å². The Morgan fingerprint density at radius 1 is 1.04 bits per heavy atom. The van der Waals surface area contributed by atoms with Crippen molar-refractivity contribution in [3.8, 4) is 0 Å². The van der Waals surface area contributed by atoms with Crippen LogP contribution < -0.4 is 10.6 Å². The molecule has 2 N–H and O–H groups in total. The molecule has 0 aliphatic heterocycles. The summed E-state index contributed by atoms with van der Waals surface area (Å²) < 4.78 is 0. The predicted molar refractivity (Wildman–Crippen MR) is 101 cm³/mol. The van der Waals surface area contributed by atoms with Crippen molar-refractivity contribution in [3.63, 3.8) is 0 Å². The number of anilines is 3. The van der Waals surface area contributed by atoms with Crippen LogP contribution in [0.3, 0.4) is 0 Å². The first kappa shape index (κ1) is 16.2. The molecule has 0 aromatic heterocycles. The summed E-state index contributed by atoms with van der Waals surface area (Å²) in [7, 11) is 2.05. The largest absolute Gasteiger partial charge is 0.399 e. The number of nitrogens with zero attached hydrogens (tertiary/aromatic N) is 1. The molecule has 0 amide bonds. The van der Waals surface area contributed by atoms with E-state index in [1.54, 1.807) is 0 Å². The lowest BCUT2D eigenvalue weighted by Crippen LogP contribution is -2.11. The van der Waals surface area contributed by atoms with Crippen LogP contribution in [0.25, 0.3) is 0 Å². The van der Waals surface area contributed by atoms with Crippen molar-refractivity contribution in [2.24, 2.45) is 0 Å². The van der Waals surface area contributed by atoms with Gasteiger partial charge in [0.05, 0.1) is 10.7 Å². The van der Waals surface area contributed by atoms with Crippen molar-refractivity contribution in [2.75, 3.05) is 17.7 Å². The maximum atomic E-state index is 6.60. The van der Waals surface area contributed by atoms with E-state index in [9.17, 15) is 0 Å². The third kappa shape index (κ3) is 3.48. The molecule has 2 aromatic rings. The Kier molecular flexibility index (Phi) is 4.82. The second kappa shape index (κ2) is 6.84. The predicted octanol–water partition coefficient (Wildman–Crippen LogP) is 6.05. The molecule has 3 rings (SSSR count). The van der Waals surface area contributed by atoms with Crippen LogP contribution in [0.2, 0.25) is 5.02 Å². The first-order valence-electron chi connectivity index (χ1n) is 8.45. The molecule has 0 saturated heterocycles. The average Bonchev–Trinajstić information content (AvgIpc) is 2.57. The Bertz CT molecular complexity index is 690. The van der Waals surface area contributed by atoms with Crippen molar-refractivity contribution in [2.45, 2.75) is 44.9 Å². The molecule has 3 heteroatoms. The Balaban J connectivity index is 1.85. The molecule has 1 aliphatic carbocycles. The Morgan fingerprint density at radius 3 is 2.43 bits per heavy atom. The van der Waals surface area contributed by atoms with Gasteiger partial charge in [0.25, 0.3) is 0 Å². The third-order valence-corrected chi connectivity index (χ3v) is 5.35. The third-order valence-electron chi connectivity index (χ3n) is 5.05. The molecule has 1 fully saturated rings. The van der Waals surface area contributed by atoms with Crippen LogP contribution in [0.4, 0.5) is 17.1 Å². The van der Waals surface area contributed by atoms with Crippen LogP contribution in [0, 0.1) is 6.92 Å². The quantitative estimate of drug-likeness (QED) is 0.695. The molecule has 2 nitrogen and oxygen atoms in total. The van der Waals surface area contributed by atoms with Gasteiger partial charge in [-0.2, -0.15) is 0 Å². The molecule has 2 aromatic carbocycles. The summed E-state index contributed by atoms with van der Waals surface area (Å²) in [5, 5.41) is 0.824. The van der Waals surface area contributed by atoms with E-state index in [2.05, 4.69) is 29.2 Å². The van der Waals surface area contributed by atoms with Crippen LogP contribution in [0.15, 0.2) is 36.4 Å². The minimum Gasteiger partial charge on any atom is -0.399 e. The summed E-state index contributed by atoms with van der Waals surface area (Å²) in [5.74, 6) is 0.680. The number of hydrogen-bond donors (Lipinski definition) is 1. The van der Waals surface area contributed by atoms with E-state index < -0.39 is 0 Å². The van der Waals surface area contributed by atoms with Crippen LogP contribution >= 0.6 is 11.6 Å². The Labute approximate surface area is 144 Å². The molecular formula is C20H25ClN2. The number of halogens is 1. The number of hydrogen-bond acceptors (Lipinski definition) is 2. The van der Waals surface area contributed by atoms with Gasteiger partial charge in [-0.3, -0.25) is 0 Å². The highest BCUT2D eigenvalue weighted by molar-refractivity contribution is 6.33. The molecule has 0 heterocycles. The lowest BCUT2D eigenvalue weighted by atomic mass is 9.84. The molecule has 0 unspecified atom stereocenters. The molecule has 1 saturated carbocycles. The van der Waals surface area contributed by atoms with Crippen LogP contribution in [0.1, 0.15) is 49.1 Å². The van der Waals surface area contributed by atoms with E-state index in [1.165, 1.54) is 37.7 Å². The highest BCUT2D eigenvalue weighted by Crippen LogP contribution is 2.38. The van der Waals surface area contributed by atoms with E-state index in [0.29, 0.717) is 5.92 Å². The summed E-state index contributed by atoms with van der Waals surface area (Å²) in [4.78, 5) is 2.12. The maximum absolute atomic E-state index is 6.60. The number of nitrogen functional groups attached to an aromatic ring is 1. The zero-order chi connectivity index (χ0) is 16.4. The molecule has 0 spiro atoms. The highest BCUT2D eigenvalue weighted by Gasteiger charge is 2.17. The highest BCUT2D eigenvalue weighted by atomic mass is 35.5. The fourth-order valence-corrected chi connectivity index (χ4v) is 3.81. The van der Waals surface area contributed by atoms with E-state index in [1.807, 2.05) is 26.1 Å². The summed E-state index contributed by atoms with van der Waals surface area (Å²) in [6.07, 6.45) is 6.65. The molecule has 1 aliphatic rings. The van der Waals surface area contributed by atoms with Crippen molar-refractivity contribution < 1.29 is 0 Å². The van der Waals surface area contributed by atoms with Crippen LogP contribution in [-0.2, 0) is 0 Å². The smallest absolute Gasteiger partial charge is 0.0645 e. The van der Waals surface area contributed by atoms with Gasteiger partial charge in [-0.15, -0.1) is 0 Å². The van der Waals surface area contributed by atoms with Gasteiger partial charge in [0, 0.05) is 18.4 Å². The standard InChI is InChI=1S/C20H25ClN2/c1-14-12-17(9-10-19(14)22)23(2)20-11-8-16(13-18(20)21)15-6-4-3-5-7-15/h8-13,15H,3-7,22H2,1-2H3. The summed E-state index contributed by atoms with van der Waals surface area (Å²) in [6.45, 7) is 2.03. The molecule has 0 radical (unpaired) electrons. The maximum Gasteiger partial charge on any atom is 0.0645 e. The second-order valence-corrected chi connectivity index (χ2v) is 7.05. The molecule has 122 valence electrons. The van der Waals surface area contributed by atoms with Crippen molar-refractivity contribution in [3.05, 3.63) is 52.5 Å². The van der Waals surface area contributed by atoms with E-state index in [-0.39, 0.29) is 0 Å². The van der Waals surface area contributed by atoms with Gasteiger partial charge in [0.2, 0.25) is 0 Å². The Hall–Kier alpha value is -1.67. The number of rotatable bonds is 3. The van der Waals surface area contributed by atoms with Gasteiger partial charge in [0.1, 0.15) is 0 Å². The van der Waals surface area contributed by atoms with Crippen LogP contribution in [-0.4, -0.2) is 7.05 Å². The summed E-state index contributed by atoms with van der Waals surface area (Å²) >= 11 is 6.60. The zero-order valence-electron chi connectivity index (χ0n) is 14.0. The summed E-state index contributed by atoms with van der Waals surface area (Å²) in [5.41, 5.74) is 11.4. The normalized spacial score (nSPS) is 15.6.